The topological polar surface area (TPSA) is 38.3 Å². The van der Waals surface area contributed by atoms with E-state index in [-0.39, 0.29) is 11.3 Å². The molecule has 0 radical (unpaired) electrons. The van der Waals surface area contributed by atoms with Crippen LogP contribution in [0, 0.1) is 0 Å². The van der Waals surface area contributed by atoms with Crippen molar-refractivity contribution in [3.63, 3.8) is 0 Å². The summed E-state index contributed by atoms with van der Waals surface area (Å²) in [4.78, 5) is 11.7. The van der Waals surface area contributed by atoms with Gasteiger partial charge in [-0.25, -0.2) is 0 Å². The average molecular weight is 256 g/mol. The molecule has 4 heteroatoms. The minimum Gasteiger partial charge on any atom is -0.383 e. The molecule has 1 aromatic rings. The highest BCUT2D eigenvalue weighted by molar-refractivity contribution is 6.21. The number of alkyl halides is 1. The van der Waals surface area contributed by atoms with Gasteiger partial charge in [-0.1, -0.05) is 19.1 Å². The molecule has 0 spiro atoms. The van der Waals surface area contributed by atoms with E-state index in [0.717, 1.165) is 6.42 Å². The van der Waals surface area contributed by atoms with Gasteiger partial charge in [0.1, 0.15) is 0 Å². The first-order valence-electron chi connectivity index (χ1n) is 5.67. The molecular weight excluding hydrogens is 238 g/mol. The number of benzene rings is 1. The molecule has 0 heterocycles. The maximum atomic E-state index is 11.7. The number of aryl methyl sites for hydroxylation is 1. The molecule has 1 aromatic carbocycles. The lowest BCUT2D eigenvalue weighted by Gasteiger charge is -2.10. The number of methoxy groups -OCH3 is 1. The molecule has 94 valence electrons. The third-order valence-corrected chi connectivity index (χ3v) is 2.74. The second kappa shape index (κ2) is 7.30. The normalized spacial score (nSPS) is 12.2. The Morgan fingerprint density at radius 1 is 1.41 bits per heavy atom. The minimum atomic E-state index is -0.195. The third kappa shape index (κ3) is 4.75. The predicted octanol–water partition coefficient (Wildman–Crippen LogP) is 2.23. The van der Waals surface area contributed by atoms with Crippen LogP contribution in [0.1, 0.15) is 22.8 Å². The van der Waals surface area contributed by atoms with E-state index in [9.17, 15) is 4.79 Å². The van der Waals surface area contributed by atoms with Gasteiger partial charge in [0.25, 0.3) is 5.91 Å². The van der Waals surface area contributed by atoms with E-state index in [0.29, 0.717) is 18.7 Å². The highest BCUT2D eigenvalue weighted by Crippen LogP contribution is 2.05. The predicted molar refractivity (Wildman–Crippen MR) is 69.7 cm³/mol. The number of carbonyl (C=O) groups is 1. The molecule has 0 aromatic heterocycles. The number of halogens is 1. The van der Waals surface area contributed by atoms with Crippen molar-refractivity contribution in [3.8, 4) is 0 Å². The summed E-state index contributed by atoms with van der Waals surface area (Å²) in [5, 5.41) is 2.57. The quantitative estimate of drug-likeness (QED) is 0.792. The summed E-state index contributed by atoms with van der Waals surface area (Å²) in [6.07, 6.45) is 0.972. The van der Waals surface area contributed by atoms with Crippen LogP contribution in [0.2, 0.25) is 0 Å². The molecule has 0 aliphatic rings. The number of ether oxygens (including phenoxy) is 1. The number of nitrogens with one attached hydrogen (secondary N) is 1. The van der Waals surface area contributed by atoms with Crippen LogP contribution in [-0.2, 0) is 11.2 Å². The summed E-state index contributed by atoms with van der Waals surface area (Å²) in [5.41, 5.74) is 1.87. The Hall–Kier alpha value is -1.06. The molecule has 0 bridgehead atoms. The molecule has 0 saturated carbocycles. The van der Waals surface area contributed by atoms with Crippen LogP contribution in [0.5, 0.6) is 0 Å². The van der Waals surface area contributed by atoms with E-state index in [2.05, 4.69) is 12.2 Å². The first kappa shape index (κ1) is 14.0. The molecule has 1 amide bonds. The zero-order valence-corrected chi connectivity index (χ0v) is 11.0. The fraction of sp³-hybridized carbons (Fsp3) is 0.462. The van der Waals surface area contributed by atoms with Gasteiger partial charge in [-0.15, -0.1) is 11.6 Å². The molecule has 0 fully saturated rings. The van der Waals surface area contributed by atoms with Crippen molar-refractivity contribution in [1.29, 1.82) is 0 Å². The maximum Gasteiger partial charge on any atom is 0.251 e. The molecule has 1 rings (SSSR count). The smallest absolute Gasteiger partial charge is 0.251 e. The van der Waals surface area contributed by atoms with Crippen molar-refractivity contribution < 1.29 is 9.53 Å². The van der Waals surface area contributed by atoms with E-state index in [4.69, 9.17) is 16.3 Å². The maximum absolute atomic E-state index is 11.7. The van der Waals surface area contributed by atoms with Gasteiger partial charge in [-0.3, -0.25) is 4.79 Å². The van der Waals surface area contributed by atoms with Crippen molar-refractivity contribution in [3.05, 3.63) is 35.4 Å². The fourth-order valence-corrected chi connectivity index (χ4v) is 1.64. The van der Waals surface area contributed by atoms with Crippen LogP contribution in [-0.4, -0.2) is 31.5 Å². The van der Waals surface area contributed by atoms with Crippen molar-refractivity contribution in [2.24, 2.45) is 0 Å². The van der Waals surface area contributed by atoms with Crippen molar-refractivity contribution in [2.75, 3.05) is 20.3 Å². The lowest BCUT2D eigenvalue weighted by molar-refractivity contribution is 0.0949. The molecule has 1 atom stereocenters. The zero-order chi connectivity index (χ0) is 12.7. The van der Waals surface area contributed by atoms with E-state index in [1.54, 1.807) is 7.11 Å². The first-order chi connectivity index (χ1) is 8.17. The Bertz CT molecular complexity index is 351. The molecule has 1 unspecified atom stereocenters. The van der Waals surface area contributed by atoms with Gasteiger partial charge in [0, 0.05) is 19.2 Å². The second-order valence-corrected chi connectivity index (χ2v) is 4.43. The van der Waals surface area contributed by atoms with Crippen LogP contribution < -0.4 is 5.32 Å². The van der Waals surface area contributed by atoms with Gasteiger partial charge < -0.3 is 10.1 Å². The van der Waals surface area contributed by atoms with Crippen molar-refractivity contribution in [1.82, 2.24) is 5.32 Å². The first-order valence-corrected chi connectivity index (χ1v) is 6.11. The Balaban J connectivity index is 2.46. The Labute approximate surface area is 107 Å². The standard InChI is InChI=1S/C13H18ClNO2/c1-3-10-4-6-11(7-5-10)13(16)15-8-12(14)9-17-2/h4-7,12H,3,8-9H2,1-2H3,(H,15,16). The van der Waals surface area contributed by atoms with Crippen molar-refractivity contribution in [2.45, 2.75) is 18.7 Å². The van der Waals surface area contributed by atoms with Gasteiger partial charge in [0.15, 0.2) is 0 Å². The van der Waals surface area contributed by atoms with Crippen molar-refractivity contribution >= 4 is 17.5 Å². The largest absolute Gasteiger partial charge is 0.383 e. The molecule has 0 aliphatic carbocycles. The summed E-state index contributed by atoms with van der Waals surface area (Å²) in [6, 6.07) is 7.58. The lowest BCUT2D eigenvalue weighted by Crippen LogP contribution is -2.31. The molecule has 0 aliphatic heterocycles. The van der Waals surface area contributed by atoms with Crippen LogP contribution >= 0.6 is 11.6 Å². The molecule has 0 saturated heterocycles. The van der Waals surface area contributed by atoms with Crippen LogP contribution in [0.4, 0.5) is 0 Å². The highest BCUT2D eigenvalue weighted by atomic mass is 35.5. The Kier molecular flexibility index (Phi) is 6.01. The molecule has 3 nitrogen and oxygen atoms in total. The molecule has 1 N–H and O–H groups in total. The third-order valence-electron chi connectivity index (χ3n) is 2.46. The van der Waals surface area contributed by atoms with E-state index >= 15 is 0 Å². The summed E-state index contributed by atoms with van der Waals surface area (Å²) in [7, 11) is 1.58. The number of rotatable bonds is 6. The van der Waals surface area contributed by atoms with E-state index in [1.165, 1.54) is 5.56 Å². The number of carbonyl (C=O) groups excluding carboxylic acids is 1. The lowest BCUT2D eigenvalue weighted by atomic mass is 10.1. The summed E-state index contributed by atoms with van der Waals surface area (Å²) >= 11 is 5.92. The zero-order valence-electron chi connectivity index (χ0n) is 10.2. The fourth-order valence-electron chi connectivity index (χ4n) is 1.44. The van der Waals surface area contributed by atoms with Gasteiger partial charge in [0.05, 0.1) is 12.0 Å². The average Bonchev–Trinajstić information content (AvgIpc) is 2.36. The van der Waals surface area contributed by atoms with Gasteiger partial charge in [-0.05, 0) is 24.1 Å². The monoisotopic (exact) mass is 255 g/mol. The Morgan fingerprint density at radius 2 is 2.06 bits per heavy atom. The number of hydrogen-bond donors (Lipinski definition) is 1. The summed E-state index contributed by atoms with van der Waals surface area (Å²) in [5.74, 6) is -0.102. The van der Waals surface area contributed by atoms with E-state index < -0.39 is 0 Å². The van der Waals surface area contributed by atoms with E-state index in [1.807, 2.05) is 24.3 Å². The molecule has 17 heavy (non-hydrogen) atoms. The van der Waals surface area contributed by atoms with Gasteiger partial charge in [-0.2, -0.15) is 0 Å². The SMILES string of the molecule is CCc1ccc(C(=O)NCC(Cl)COC)cc1. The van der Waals surface area contributed by atoms with Gasteiger partial charge in [0.2, 0.25) is 0 Å². The van der Waals surface area contributed by atoms with Crippen LogP contribution in [0.15, 0.2) is 24.3 Å². The Morgan fingerprint density at radius 3 is 2.59 bits per heavy atom. The second-order valence-electron chi connectivity index (χ2n) is 3.81. The van der Waals surface area contributed by atoms with Crippen LogP contribution in [0.3, 0.4) is 0 Å². The summed E-state index contributed by atoms with van der Waals surface area (Å²) in [6.45, 7) is 2.91. The number of hydrogen-bond acceptors (Lipinski definition) is 2. The molecular formula is C13H18ClNO2. The van der Waals surface area contributed by atoms with Gasteiger partial charge >= 0.3 is 0 Å². The highest BCUT2D eigenvalue weighted by Gasteiger charge is 2.08. The number of amides is 1. The van der Waals surface area contributed by atoms with Crippen LogP contribution in [0.25, 0.3) is 0 Å². The summed E-state index contributed by atoms with van der Waals surface area (Å²) < 4.78 is 4.89. The minimum absolute atomic E-state index is 0.102.